The Morgan fingerprint density at radius 3 is 2.38 bits per heavy atom. The lowest BCUT2D eigenvalue weighted by molar-refractivity contribution is -0.135. The van der Waals surface area contributed by atoms with Crippen molar-refractivity contribution < 1.29 is 17.9 Å². The molecule has 0 unspecified atom stereocenters. The Bertz CT molecular complexity index is 931. The summed E-state index contributed by atoms with van der Waals surface area (Å²) in [5.74, 6) is -0.760. The van der Waals surface area contributed by atoms with Gasteiger partial charge in [0.2, 0.25) is 10.0 Å². The predicted molar refractivity (Wildman–Crippen MR) is 96.2 cm³/mol. The molecular formula is C18H17N3O4S. The number of hydrogen-bond donors (Lipinski definition) is 2. The third kappa shape index (κ3) is 5.17. The molecular weight excluding hydrogens is 354 g/mol. The Kier molecular flexibility index (Phi) is 6.49. The van der Waals surface area contributed by atoms with Crippen molar-refractivity contribution in [2.24, 2.45) is 0 Å². The van der Waals surface area contributed by atoms with Crippen LogP contribution in [0.1, 0.15) is 5.56 Å². The van der Waals surface area contributed by atoms with Gasteiger partial charge in [0.05, 0.1) is 12.0 Å². The molecule has 0 atom stereocenters. The monoisotopic (exact) mass is 371 g/mol. The lowest BCUT2D eigenvalue weighted by Crippen LogP contribution is -2.23. The van der Waals surface area contributed by atoms with E-state index in [9.17, 15) is 13.2 Å². The van der Waals surface area contributed by atoms with Gasteiger partial charge in [-0.3, -0.25) is 0 Å². The molecule has 2 aromatic rings. The first-order chi connectivity index (χ1) is 12.5. The van der Waals surface area contributed by atoms with Crippen molar-refractivity contribution in [3.05, 3.63) is 71.9 Å². The summed E-state index contributed by atoms with van der Waals surface area (Å²) in [6.45, 7) is 0.191. The van der Waals surface area contributed by atoms with Crippen molar-refractivity contribution >= 4 is 21.7 Å². The first kappa shape index (κ1) is 19.2. The molecule has 26 heavy (non-hydrogen) atoms. The lowest BCUT2D eigenvalue weighted by Gasteiger charge is -2.08. The highest BCUT2D eigenvalue weighted by molar-refractivity contribution is 7.89. The van der Waals surface area contributed by atoms with E-state index in [0.717, 1.165) is 5.56 Å². The first-order valence-corrected chi connectivity index (χ1v) is 9.03. The fourth-order valence-electron chi connectivity index (χ4n) is 1.99. The zero-order valence-electron chi connectivity index (χ0n) is 14.0. The minimum absolute atomic E-state index is 0.108. The van der Waals surface area contributed by atoms with Gasteiger partial charge in [-0.15, -0.1) is 0 Å². The SMILES string of the molecule is COC(=O)/C(C#N)=C\Nc1ccc(S(=O)(=O)NCc2ccccc2)cc1. The van der Waals surface area contributed by atoms with E-state index in [2.05, 4.69) is 14.8 Å². The minimum Gasteiger partial charge on any atom is -0.465 e. The molecule has 0 amide bonds. The van der Waals surface area contributed by atoms with E-state index in [1.165, 1.54) is 37.6 Å². The molecule has 7 nitrogen and oxygen atoms in total. The lowest BCUT2D eigenvalue weighted by atomic mass is 10.2. The zero-order valence-corrected chi connectivity index (χ0v) is 14.8. The van der Waals surface area contributed by atoms with E-state index in [1.807, 2.05) is 30.3 Å². The molecule has 0 saturated carbocycles. The smallest absolute Gasteiger partial charge is 0.350 e. The molecule has 0 radical (unpaired) electrons. The second-order valence-electron chi connectivity index (χ2n) is 5.14. The summed E-state index contributed by atoms with van der Waals surface area (Å²) in [6.07, 6.45) is 1.20. The van der Waals surface area contributed by atoms with E-state index in [4.69, 9.17) is 5.26 Å². The maximum absolute atomic E-state index is 12.3. The Hall–Kier alpha value is -3.15. The largest absolute Gasteiger partial charge is 0.465 e. The summed E-state index contributed by atoms with van der Waals surface area (Å²) in [5.41, 5.74) is 1.17. The van der Waals surface area contributed by atoms with Gasteiger partial charge in [0.1, 0.15) is 6.07 Å². The van der Waals surface area contributed by atoms with E-state index in [0.29, 0.717) is 5.69 Å². The second kappa shape index (κ2) is 8.80. The molecule has 0 saturated heterocycles. The summed E-state index contributed by atoms with van der Waals surface area (Å²) in [4.78, 5) is 11.4. The number of methoxy groups -OCH3 is 1. The standard InChI is InChI=1S/C18H17N3O4S/c1-25-18(22)15(11-19)13-20-16-7-9-17(10-8-16)26(23,24)21-12-14-5-3-2-4-6-14/h2-10,13,20-21H,12H2,1H3/b15-13-. The average molecular weight is 371 g/mol. The normalized spacial score (nSPS) is 11.5. The minimum atomic E-state index is -3.65. The van der Waals surface area contributed by atoms with Gasteiger partial charge in [-0.2, -0.15) is 5.26 Å². The number of hydrogen-bond acceptors (Lipinski definition) is 6. The zero-order chi connectivity index (χ0) is 19.0. The molecule has 134 valence electrons. The van der Waals surface area contributed by atoms with Gasteiger partial charge in [0, 0.05) is 18.4 Å². The number of carbonyl (C=O) groups is 1. The Labute approximate surface area is 152 Å². The number of nitriles is 1. The molecule has 2 rings (SSSR count). The van der Waals surface area contributed by atoms with Gasteiger partial charge in [-0.05, 0) is 29.8 Å². The van der Waals surface area contributed by atoms with Gasteiger partial charge < -0.3 is 10.1 Å². The predicted octanol–water partition coefficient (Wildman–Crippen LogP) is 2.16. The van der Waals surface area contributed by atoms with Gasteiger partial charge in [-0.1, -0.05) is 30.3 Å². The molecule has 0 aliphatic rings. The highest BCUT2D eigenvalue weighted by Gasteiger charge is 2.13. The van der Waals surface area contributed by atoms with Crippen molar-refractivity contribution in [3.63, 3.8) is 0 Å². The Morgan fingerprint density at radius 1 is 1.15 bits per heavy atom. The molecule has 2 N–H and O–H groups in total. The van der Waals surface area contributed by atoms with Gasteiger partial charge in [0.25, 0.3) is 0 Å². The highest BCUT2D eigenvalue weighted by atomic mass is 32.2. The Balaban J connectivity index is 2.05. The van der Waals surface area contributed by atoms with Crippen LogP contribution < -0.4 is 10.0 Å². The van der Waals surface area contributed by atoms with E-state index in [1.54, 1.807) is 6.07 Å². The topological polar surface area (TPSA) is 108 Å². The van der Waals surface area contributed by atoms with Crippen LogP contribution in [0.4, 0.5) is 5.69 Å². The van der Waals surface area contributed by atoms with Crippen molar-refractivity contribution in [3.8, 4) is 6.07 Å². The third-order valence-corrected chi connectivity index (χ3v) is 4.80. The number of carbonyl (C=O) groups excluding carboxylic acids is 1. The highest BCUT2D eigenvalue weighted by Crippen LogP contribution is 2.15. The van der Waals surface area contributed by atoms with Crippen LogP contribution in [-0.4, -0.2) is 21.5 Å². The van der Waals surface area contributed by atoms with Crippen LogP contribution in [0.25, 0.3) is 0 Å². The number of ether oxygens (including phenoxy) is 1. The number of benzene rings is 2. The molecule has 0 aliphatic carbocycles. The van der Waals surface area contributed by atoms with Crippen LogP contribution in [0.2, 0.25) is 0 Å². The number of nitrogens with one attached hydrogen (secondary N) is 2. The summed E-state index contributed by atoms with van der Waals surface area (Å²) in [7, 11) is -2.47. The maximum atomic E-state index is 12.3. The number of esters is 1. The molecule has 0 fully saturated rings. The van der Waals surface area contributed by atoms with Crippen LogP contribution in [0.3, 0.4) is 0 Å². The molecule has 8 heteroatoms. The molecule has 2 aromatic carbocycles. The summed E-state index contributed by atoms with van der Waals surface area (Å²) >= 11 is 0. The maximum Gasteiger partial charge on any atom is 0.350 e. The molecule has 0 bridgehead atoms. The fraction of sp³-hybridized carbons (Fsp3) is 0.111. The van der Waals surface area contributed by atoms with Crippen molar-refractivity contribution in [2.75, 3.05) is 12.4 Å². The number of sulfonamides is 1. The van der Waals surface area contributed by atoms with E-state index < -0.39 is 16.0 Å². The van der Waals surface area contributed by atoms with Gasteiger partial charge >= 0.3 is 5.97 Å². The van der Waals surface area contributed by atoms with Crippen LogP contribution in [0.5, 0.6) is 0 Å². The summed E-state index contributed by atoms with van der Waals surface area (Å²) < 4.78 is 31.6. The molecule has 0 spiro atoms. The fourth-order valence-corrected chi connectivity index (χ4v) is 3.01. The second-order valence-corrected chi connectivity index (χ2v) is 6.91. The average Bonchev–Trinajstić information content (AvgIpc) is 2.68. The summed E-state index contributed by atoms with van der Waals surface area (Å²) in [5, 5.41) is 11.6. The third-order valence-electron chi connectivity index (χ3n) is 3.38. The Morgan fingerprint density at radius 2 is 1.81 bits per heavy atom. The molecule has 0 heterocycles. The van der Waals surface area contributed by atoms with Crippen LogP contribution in [0.15, 0.2) is 71.3 Å². The van der Waals surface area contributed by atoms with E-state index >= 15 is 0 Å². The first-order valence-electron chi connectivity index (χ1n) is 7.55. The van der Waals surface area contributed by atoms with Crippen LogP contribution >= 0.6 is 0 Å². The van der Waals surface area contributed by atoms with E-state index in [-0.39, 0.29) is 17.0 Å². The number of anilines is 1. The summed E-state index contributed by atoms with van der Waals surface area (Å²) in [6, 6.07) is 16.8. The van der Waals surface area contributed by atoms with Crippen molar-refractivity contribution in [1.29, 1.82) is 5.26 Å². The molecule has 0 aliphatic heterocycles. The van der Waals surface area contributed by atoms with Gasteiger partial charge in [-0.25, -0.2) is 17.9 Å². The quantitative estimate of drug-likeness (QED) is 0.439. The molecule has 0 aromatic heterocycles. The van der Waals surface area contributed by atoms with Crippen molar-refractivity contribution in [1.82, 2.24) is 4.72 Å². The van der Waals surface area contributed by atoms with Crippen LogP contribution in [-0.2, 0) is 26.1 Å². The number of rotatable bonds is 7. The number of nitrogens with zero attached hydrogens (tertiary/aromatic N) is 1. The van der Waals surface area contributed by atoms with Crippen molar-refractivity contribution in [2.45, 2.75) is 11.4 Å². The van der Waals surface area contributed by atoms with Gasteiger partial charge in [0.15, 0.2) is 5.57 Å². The van der Waals surface area contributed by atoms with Crippen LogP contribution in [0, 0.1) is 11.3 Å².